The van der Waals surface area contributed by atoms with Gasteiger partial charge in [0, 0.05) is 0 Å². The lowest BCUT2D eigenvalue weighted by molar-refractivity contribution is -0.142. The summed E-state index contributed by atoms with van der Waals surface area (Å²) in [4.78, 5) is 20.1. The molecule has 10 heavy (non-hydrogen) atoms. The summed E-state index contributed by atoms with van der Waals surface area (Å²) in [5, 5.41) is 13.9. The molecular weight excluding hydrogens is 176 g/mol. The number of carboxylic acid groups (broad SMARTS) is 2. The molecule has 0 aliphatic rings. The zero-order valence-electron chi connectivity index (χ0n) is 4.76. The zero-order chi connectivity index (χ0) is 8.31. The van der Waals surface area contributed by atoms with Crippen molar-refractivity contribution in [1.29, 1.82) is 0 Å². The van der Waals surface area contributed by atoms with Crippen molar-refractivity contribution in [1.82, 2.24) is 0 Å². The van der Waals surface area contributed by atoms with Crippen LogP contribution in [0, 0.1) is 0 Å². The van der Waals surface area contributed by atoms with Crippen LogP contribution in [0.25, 0.3) is 0 Å². The third-order valence-corrected chi connectivity index (χ3v) is 2.08. The van der Waals surface area contributed by atoms with Crippen molar-refractivity contribution < 1.29 is 19.8 Å². The quantitative estimate of drug-likeness (QED) is 0.454. The van der Waals surface area contributed by atoms with E-state index in [4.69, 9.17) is 10.2 Å². The Morgan fingerprint density at radius 3 is 1.30 bits per heavy atom. The molecule has 0 unspecified atom stereocenters. The van der Waals surface area contributed by atoms with Crippen molar-refractivity contribution in [3.63, 3.8) is 0 Å². The minimum absolute atomic E-state index is 1.26. The summed E-state index contributed by atoms with van der Waals surface area (Å²) in [6.07, 6.45) is 0. The van der Waals surface area contributed by atoms with Crippen LogP contribution in [0.5, 0.6) is 0 Å². The number of carbonyl (C=O) groups is 2. The molecule has 2 N–H and O–H groups in total. The van der Waals surface area contributed by atoms with Crippen molar-refractivity contribution in [2.45, 2.75) is 10.5 Å². The van der Waals surface area contributed by atoms with E-state index in [1.165, 1.54) is 0 Å². The standard InChI is InChI=1S/C4H6O4S2/c5-3(6)1(9)2(10)4(7)8/h1-2,9-10H,(H,5,6)(H,7,8)/t1-,2-/m0/s1. The van der Waals surface area contributed by atoms with Crippen molar-refractivity contribution >= 4 is 37.2 Å². The molecule has 0 aromatic rings. The lowest BCUT2D eigenvalue weighted by atomic mass is 10.3. The lowest BCUT2D eigenvalue weighted by Crippen LogP contribution is -2.31. The predicted molar refractivity (Wildman–Crippen MR) is 40.8 cm³/mol. The van der Waals surface area contributed by atoms with Crippen molar-refractivity contribution in [2.24, 2.45) is 0 Å². The summed E-state index contributed by atoms with van der Waals surface area (Å²) < 4.78 is 0. The SMILES string of the molecule is O=C(O)[C@@H](S)[C@H](S)C(=O)O. The minimum atomic E-state index is -1.29. The first-order valence-electron chi connectivity index (χ1n) is 2.28. The third-order valence-electron chi connectivity index (χ3n) is 0.805. The van der Waals surface area contributed by atoms with Crippen LogP contribution >= 0.6 is 25.3 Å². The first-order valence-corrected chi connectivity index (χ1v) is 3.32. The topological polar surface area (TPSA) is 74.6 Å². The Labute approximate surface area is 68.1 Å². The van der Waals surface area contributed by atoms with Crippen LogP contribution in [0.15, 0.2) is 0 Å². The molecule has 0 saturated carbocycles. The monoisotopic (exact) mass is 182 g/mol. The average Bonchev–Trinajstić information content (AvgIpc) is 1.84. The second-order valence-corrected chi connectivity index (χ2v) is 2.68. The van der Waals surface area contributed by atoms with Gasteiger partial charge < -0.3 is 10.2 Å². The Hall–Kier alpha value is -0.360. The number of hydrogen-bond donors (Lipinski definition) is 4. The smallest absolute Gasteiger partial charge is 0.318 e. The van der Waals surface area contributed by atoms with E-state index in [0.717, 1.165) is 0 Å². The largest absolute Gasteiger partial charge is 0.480 e. The molecule has 0 aromatic heterocycles. The molecule has 0 aromatic carbocycles. The van der Waals surface area contributed by atoms with Gasteiger partial charge in [-0.05, 0) is 0 Å². The summed E-state index contributed by atoms with van der Waals surface area (Å²) in [6.45, 7) is 0. The maximum Gasteiger partial charge on any atom is 0.318 e. The second kappa shape index (κ2) is 3.72. The summed E-state index contributed by atoms with van der Waals surface area (Å²) in [6, 6.07) is 0. The first kappa shape index (κ1) is 9.64. The van der Waals surface area contributed by atoms with Gasteiger partial charge in [-0.15, -0.1) is 0 Å². The van der Waals surface area contributed by atoms with E-state index in [1.54, 1.807) is 0 Å². The van der Waals surface area contributed by atoms with Gasteiger partial charge in [0.15, 0.2) is 0 Å². The highest BCUT2D eigenvalue weighted by atomic mass is 32.1. The van der Waals surface area contributed by atoms with Crippen LogP contribution in [0.3, 0.4) is 0 Å². The summed E-state index contributed by atoms with van der Waals surface area (Å²) in [5.41, 5.74) is 0. The molecule has 0 spiro atoms. The molecule has 0 fully saturated rings. The van der Waals surface area contributed by atoms with Gasteiger partial charge in [0.2, 0.25) is 0 Å². The van der Waals surface area contributed by atoms with E-state index in [9.17, 15) is 9.59 Å². The second-order valence-electron chi connectivity index (χ2n) is 1.57. The Morgan fingerprint density at radius 2 is 1.20 bits per heavy atom. The first-order chi connectivity index (χ1) is 4.46. The van der Waals surface area contributed by atoms with Crippen LogP contribution in [0.4, 0.5) is 0 Å². The molecule has 0 heterocycles. The highest BCUT2D eigenvalue weighted by molar-refractivity contribution is 7.86. The van der Waals surface area contributed by atoms with Crippen LogP contribution in [0.2, 0.25) is 0 Å². The molecule has 0 bridgehead atoms. The van der Waals surface area contributed by atoms with Crippen LogP contribution in [-0.2, 0) is 9.59 Å². The molecule has 0 radical (unpaired) electrons. The van der Waals surface area contributed by atoms with E-state index < -0.39 is 22.4 Å². The Morgan fingerprint density at radius 1 is 1.00 bits per heavy atom. The Kier molecular flexibility index (Phi) is 3.59. The summed E-state index contributed by atoms with van der Waals surface area (Å²) in [7, 11) is 0. The molecular formula is C4H6O4S2. The van der Waals surface area contributed by atoms with E-state index in [0.29, 0.717) is 0 Å². The number of rotatable bonds is 3. The highest BCUT2D eigenvalue weighted by Crippen LogP contribution is 2.08. The zero-order valence-corrected chi connectivity index (χ0v) is 6.55. The third kappa shape index (κ3) is 2.49. The molecule has 4 nitrogen and oxygen atoms in total. The molecule has 58 valence electrons. The van der Waals surface area contributed by atoms with E-state index in [2.05, 4.69) is 25.3 Å². The normalized spacial score (nSPS) is 15.8. The van der Waals surface area contributed by atoms with Gasteiger partial charge in [0.1, 0.15) is 10.5 Å². The number of thiol groups is 2. The number of aliphatic carboxylic acids is 2. The Balaban J connectivity index is 4.07. The lowest BCUT2D eigenvalue weighted by Gasteiger charge is -2.07. The van der Waals surface area contributed by atoms with E-state index >= 15 is 0 Å². The molecule has 6 heteroatoms. The maximum atomic E-state index is 10.1. The van der Waals surface area contributed by atoms with E-state index in [-0.39, 0.29) is 0 Å². The fourth-order valence-electron chi connectivity index (χ4n) is 0.270. The van der Waals surface area contributed by atoms with E-state index in [1.807, 2.05) is 0 Å². The fourth-order valence-corrected chi connectivity index (χ4v) is 0.525. The average molecular weight is 182 g/mol. The molecule has 0 amide bonds. The maximum absolute atomic E-state index is 10.1. The highest BCUT2D eigenvalue weighted by Gasteiger charge is 2.26. The predicted octanol–water partition coefficient (Wildman–Crippen LogP) is -0.248. The van der Waals surface area contributed by atoms with Crippen LogP contribution in [-0.4, -0.2) is 32.7 Å². The summed E-state index contributed by atoms with van der Waals surface area (Å²) in [5.74, 6) is -2.57. The number of hydrogen-bond acceptors (Lipinski definition) is 4. The van der Waals surface area contributed by atoms with Crippen LogP contribution < -0.4 is 0 Å². The van der Waals surface area contributed by atoms with Crippen molar-refractivity contribution in [3.05, 3.63) is 0 Å². The Bertz CT molecular complexity index is 139. The van der Waals surface area contributed by atoms with Gasteiger partial charge in [0.25, 0.3) is 0 Å². The summed E-state index contributed by atoms with van der Waals surface area (Å²) >= 11 is 7.00. The fraction of sp³-hybridized carbons (Fsp3) is 0.500. The van der Waals surface area contributed by atoms with Gasteiger partial charge in [-0.25, -0.2) is 0 Å². The van der Waals surface area contributed by atoms with Crippen molar-refractivity contribution in [2.75, 3.05) is 0 Å². The molecule has 0 saturated heterocycles. The van der Waals surface area contributed by atoms with Gasteiger partial charge in [0.05, 0.1) is 0 Å². The van der Waals surface area contributed by atoms with Crippen LogP contribution in [0.1, 0.15) is 0 Å². The number of carboxylic acids is 2. The van der Waals surface area contributed by atoms with Gasteiger partial charge in [-0.2, -0.15) is 25.3 Å². The van der Waals surface area contributed by atoms with Crippen molar-refractivity contribution in [3.8, 4) is 0 Å². The van der Waals surface area contributed by atoms with Gasteiger partial charge in [-0.1, -0.05) is 0 Å². The molecule has 2 atom stereocenters. The minimum Gasteiger partial charge on any atom is -0.480 e. The molecule has 0 aliphatic heterocycles. The van der Waals surface area contributed by atoms with Gasteiger partial charge in [-0.3, -0.25) is 9.59 Å². The molecule has 0 rings (SSSR count). The van der Waals surface area contributed by atoms with Gasteiger partial charge >= 0.3 is 11.9 Å². The molecule has 0 aliphatic carbocycles.